The second kappa shape index (κ2) is 7.07. The summed E-state index contributed by atoms with van der Waals surface area (Å²) in [6.07, 6.45) is 0.788. The van der Waals surface area contributed by atoms with Gasteiger partial charge in [0.15, 0.2) is 0 Å². The third kappa shape index (κ3) is 4.93. The van der Waals surface area contributed by atoms with Gasteiger partial charge in [-0.2, -0.15) is 0 Å². The second-order valence-corrected chi connectivity index (χ2v) is 8.44. The van der Waals surface area contributed by atoms with Crippen molar-refractivity contribution in [3.05, 3.63) is 28.0 Å². The van der Waals surface area contributed by atoms with Crippen LogP contribution in [0.4, 0.5) is 4.39 Å². The van der Waals surface area contributed by atoms with Crippen molar-refractivity contribution in [3.8, 4) is 0 Å². The third-order valence-electron chi connectivity index (χ3n) is 2.89. The van der Waals surface area contributed by atoms with E-state index in [1.165, 1.54) is 4.90 Å². The first-order valence-corrected chi connectivity index (χ1v) is 9.33. The molecular weight excluding hydrogens is 385 g/mol. The Labute approximate surface area is 136 Å². The molecule has 118 valence electrons. The van der Waals surface area contributed by atoms with E-state index in [9.17, 15) is 17.6 Å². The molecule has 0 aliphatic heterocycles. The SMILES string of the molecule is CC(C)CCN(C)C(=O)c1cc(F)cc(S(=O)(=O)Cl)c1Br. The number of halogens is 3. The summed E-state index contributed by atoms with van der Waals surface area (Å²) in [7, 11) is 2.68. The Bertz CT molecular complexity index is 649. The molecule has 1 aromatic carbocycles. The zero-order valence-electron chi connectivity index (χ0n) is 11.9. The molecule has 0 atom stereocenters. The maximum absolute atomic E-state index is 13.6. The lowest BCUT2D eigenvalue weighted by Gasteiger charge is -2.19. The minimum Gasteiger partial charge on any atom is -0.342 e. The molecule has 0 radical (unpaired) electrons. The number of amides is 1. The molecule has 0 aliphatic carbocycles. The number of rotatable bonds is 5. The highest BCUT2D eigenvalue weighted by molar-refractivity contribution is 9.10. The Hall–Kier alpha value is -0.660. The quantitative estimate of drug-likeness (QED) is 0.709. The fourth-order valence-electron chi connectivity index (χ4n) is 1.66. The van der Waals surface area contributed by atoms with Gasteiger partial charge >= 0.3 is 0 Å². The summed E-state index contributed by atoms with van der Waals surface area (Å²) in [5, 5.41) is 0. The summed E-state index contributed by atoms with van der Waals surface area (Å²) in [6, 6.07) is 1.77. The first kappa shape index (κ1) is 18.4. The van der Waals surface area contributed by atoms with Crippen LogP contribution in [0.5, 0.6) is 0 Å². The predicted molar refractivity (Wildman–Crippen MR) is 83.6 cm³/mol. The molecule has 1 rings (SSSR count). The van der Waals surface area contributed by atoms with Crippen molar-refractivity contribution in [1.29, 1.82) is 0 Å². The summed E-state index contributed by atoms with van der Waals surface area (Å²) >= 11 is 3.02. The van der Waals surface area contributed by atoms with E-state index in [4.69, 9.17) is 10.7 Å². The Morgan fingerprint density at radius 2 is 2.00 bits per heavy atom. The zero-order valence-corrected chi connectivity index (χ0v) is 15.0. The molecule has 0 unspecified atom stereocenters. The highest BCUT2D eigenvalue weighted by atomic mass is 79.9. The molecule has 0 saturated heterocycles. The molecule has 0 spiro atoms. The monoisotopic (exact) mass is 399 g/mol. The van der Waals surface area contributed by atoms with E-state index in [1.807, 2.05) is 13.8 Å². The minimum absolute atomic E-state index is 0.0275. The van der Waals surface area contributed by atoms with E-state index in [0.29, 0.717) is 12.5 Å². The van der Waals surface area contributed by atoms with Crippen LogP contribution < -0.4 is 0 Å². The van der Waals surface area contributed by atoms with Crippen molar-refractivity contribution in [1.82, 2.24) is 4.90 Å². The lowest BCUT2D eigenvalue weighted by molar-refractivity contribution is 0.0787. The first-order valence-electron chi connectivity index (χ1n) is 6.23. The average Bonchev–Trinajstić information content (AvgIpc) is 2.36. The topological polar surface area (TPSA) is 54.5 Å². The Morgan fingerprint density at radius 3 is 2.48 bits per heavy atom. The van der Waals surface area contributed by atoms with Crippen LogP contribution in [-0.2, 0) is 9.05 Å². The maximum atomic E-state index is 13.6. The van der Waals surface area contributed by atoms with Gasteiger partial charge in [0.2, 0.25) is 0 Å². The fourth-order valence-corrected chi connectivity index (χ4v) is 3.92. The zero-order chi connectivity index (χ0) is 16.4. The molecule has 0 aliphatic rings. The molecule has 0 N–H and O–H groups in total. The van der Waals surface area contributed by atoms with Crippen LogP contribution in [0.1, 0.15) is 30.6 Å². The Morgan fingerprint density at radius 1 is 1.43 bits per heavy atom. The van der Waals surface area contributed by atoms with Crippen molar-refractivity contribution >= 4 is 41.6 Å². The number of benzene rings is 1. The number of carbonyl (C=O) groups excluding carboxylic acids is 1. The van der Waals surface area contributed by atoms with Crippen LogP contribution in [0.25, 0.3) is 0 Å². The number of carbonyl (C=O) groups is 1. The van der Waals surface area contributed by atoms with Crippen LogP contribution in [0.2, 0.25) is 0 Å². The summed E-state index contributed by atoms with van der Waals surface area (Å²) < 4.78 is 36.4. The highest BCUT2D eigenvalue weighted by Gasteiger charge is 2.24. The maximum Gasteiger partial charge on any atom is 0.262 e. The van der Waals surface area contributed by atoms with Crippen LogP contribution in [0.15, 0.2) is 21.5 Å². The van der Waals surface area contributed by atoms with Crippen LogP contribution in [-0.4, -0.2) is 32.8 Å². The lowest BCUT2D eigenvalue weighted by Crippen LogP contribution is -2.29. The van der Waals surface area contributed by atoms with Crippen molar-refractivity contribution in [2.45, 2.75) is 25.2 Å². The van der Waals surface area contributed by atoms with E-state index < -0.39 is 25.7 Å². The van der Waals surface area contributed by atoms with Crippen LogP contribution >= 0.6 is 26.6 Å². The van der Waals surface area contributed by atoms with Gasteiger partial charge in [-0.3, -0.25) is 4.79 Å². The van der Waals surface area contributed by atoms with Crippen molar-refractivity contribution in [2.75, 3.05) is 13.6 Å². The molecule has 1 aromatic rings. The van der Waals surface area contributed by atoms with Gasteiger partial charge in [-0.25, -0.2) is 12.8 Å². The number of nitrogens with zero attached hydrogens (tertiary/aromatic N) is 1. The summed E-state index contributed by atoms with van der Waals surface area (Å²) in [6.45, 7) is 4.53. The smallest absolute Gasteiger partial charge is 0.262 e. The molecule has 0 aromatic heterocycles. The van der Waals surface area contributed by atoms with Gasteiger partial charge in [0, 0.05) is 24.3 Å². The molecule has 21 heavy (non-hydrogen) atoms. The Kier molecular flexibility index (Phi) is 6.19. The molecule has 0 heterocycles. The van der Waals surface area contributed by atoms with E-state index in [1.54, 1.807) is 7.05 Å². The van der Waals surface area contributed by atoms with Crippen LogP contribution in [0, 0.1) is 11.7 Å². The van der Waals surface area contributed by atoms with E-state index in [0.717, 1.165) is 18.6 Å². The van der Waals surface area contributed by atoms with Gasteiger partial charge in [-0.1, -0.05) is 13.8 Å². The summed E-state index contributed by atoms with van der Waals surface area (Å²) in [5.74, 6) is -0.892. The van der Waals surface area contributed by atoms with Gasteiger partial charge in [-0.15, -0.1) is 0 Å². The lowest BCUT2D eigenvalue weighted by atomic mass is 10.1. The predicted octanol–water partition coefficient (Wildman–Crippen LogP) is 3.63. The molecule has 0 saturated carbocycles. The third-order valence-corrected chi connectivity index (χ3v) is 5.35. The van der Waals surface area contributed by atoms with E-state index in [2.05, 4.69) is 15.9 Å². The molecular formula is C13H16BrClFNO3S. The fraction of sp³-hybridized carbons (Fsp3) is 0.462. The van der Waals surface area contributed by atoms with Gasteiger partial charge in [0.1, 0.15) is 10.7 Å². The van der Waals surface area contributed by atoms with Crippen molar-refractivity contribution in [3.63, 3.8) is 0 Å². The van der Waals surface area contributed by atoms with E-state index >= 15 is 0 Å². The van der Waals surface area contributed by atoms with Gasteiger partial charge in [-0.05, 0) is 40.4 Å². The van der Waals surface area contributed by atoms with Crippen molar-refractivity contribution in [2.24, 2.45) is 5.92 Å². The standard InChI is InChI=1S/C13H16BrClFNO3S/c1-8(2)4-5-17(3)13(18)10-6-9(16)7-11(12(10)14)21(15,19)20/h6-8H,4-5H2,1-3H3. The van der Waals surface area contributed by atoms with Crippen LogP contribution in [0.3, 0.4) is 0 Å². The first-order chi connectivity index (χ1) is 9.54. The molecule has 0 bridgehead atoms. The van der Waals surface area contributed by atoms with E-state index in [-0.39, 0.29) is 10.0 Å². The highest BCUT2D eigenvalue weighted by Crippen LogP contribution is 2.30. The summed E-state index contributed by atoms with van der Waals surface area (Å²) in [5.41, 5.74) is -0.0690. The van der Waals surface area contributed by atoms with Gasteiger partial charge in [0.25, 0.3) is 15.0 Å². The molecule has 4 nitrogen and oxygen atoms in total. The molecule has 0 fully saturated rings. The minimum atomic E-state index is -4.15. The largest absolute Gasteiger partial charge is 0.342 e. The normalized spacial score (nSPS) is 11.8. The average molecular weight is 401 g/mol. The Balaban J connectivity index is 3.19. The summed E-state index contributed by atoms with van der Waals surface area (Å²) in [4.78, 5) is 13.3. The molecule has 1 amide bonds. The van der Waals surface area contributed by atoms with Gasteiger partial charge < -0.3 is 4.90 Å². The molecule has 8 heteroatoms. The van der Waals surface area contributed by atoms with Crippen molar-refractivity contribution < 1.29 is 17.6 Å². The van der Waals surface area contributed by atoms with Gasteiger partial charge in [0.05, 0.1) is 10.0 Å². The second-order valence-electron chi connectivity index (χ2n) is 5.11. The number of hydrogen-bond acceptors (Lipinski definition) is 3. The number of hydrogen-bond donors (Lipinski definition) is 0.